The third-order valence-corrected chi connectivity index (χ3v) is 6.49. The van der Waals surface area contributed by atoms with Gasteiger partial charge in [0, 0.05) is 25.2 Å². The zero-order valence-electron chi connectivity index (χ0n) is 27.3. The molecular formula is C34H34F2N4O9. The van der Waals surface area contributed by atoms with Crippen molar-refractivity contribution in [3.05, 3.63) is 82.9 Å². The van der Waals surface area contributed by atoms with Crippen LogP contribution in [0.1, 0.15) is 47.1 Å². The van der Waals surface area contributed by atoms with E-state index >= 15 is 8.78 Å². The minimum absolute atomic E-state index is 0.0288. The normalized spacial score (nSPS) is 10.6. The molecule has 0 saturated heterocycles. The molecule has 258 valence electrons. The lowest BCUT2D eigenvalue weighted by molar-refractivity contribution is 0.0525. The van der Waals surface area contributed by atoms with E-state index in [-0.39, 0.29) is 77.0 Å². The molecule has 0 atom stereocenters. The summed E-state index contributed by atoms with van der Waals surface area (Å²) in [7, 11) is 3.09. The maximum atomic E-state index is 16.3. The highest BCUT2D eigenvalue weighted by Crippen LogP contribution is 2.46. The molecule has 0 bridgehead atoms. The summed E-state index contributed by atoms with van der Waals surface area (Å²) in [5.74, 6) is -8.67. The van der Waals surface area contributed by atoms with Crippen molar-refractivity contribution in [2.75, 3.05) is 33.9 Å². The molecule has 4 rings (SSSR count). The minimum Gasteiger partial charge on any atom is -0.504 e. The number of benzene rings is 3. The average Bonchev–Trinajstić information content (AvgIpc) is 3.07. The Morgan fingerprint density at radius 1 is 0.796 bits per heavy atom. The molecule has 0 aliphatic heterocycles. The van der Waals surface area contributed by atoms with E-state index < -0.39 is 40.9 Å². The van der Waals surface area contributed by atoms with Crippen LogP contribution in [0.3, 0.4) is 0 Å². The van der Waals surface area contributed by atoms with Crippen molar-refractivity contribution in [2.45, 2.75) is 20.8 Å². The van der Waals surface area contributed by atoms with E-state index in [4.69, 9.17) is 39.6 Å². The second-order valence-electron chi connectivity index (χ2n) is 10.2. The quantitative estimate of drug-likeness (QED) is 0.0763. The van der Waals surface area contributed by atoms with Crippen molar-refractivity contribution in [2.24, 2.45) is 5.73 Å². The molecule has 0 unspecified atom stereocenters. The van der Waals surface area contributed by atoms with Crippen LogP contribution in [0.2, 0.25) is 0 Å². The first-order valence-corrected chi connectivity index (χ1v) is 14.9. The molecule has 0 saturated carbocycles. The van der Waals surface area contributed by atoms with Crippen LogP contribution in [-0.2, 0) is 4.74 Å². The van der Waals surface area contributed by atoms with Gasteiger partial charge >= 0.3 is 5.97 Å². The molecule has 4 N–H and O–H groups in total. The van der Waals surface area contributed by atoms with Crippen molar-refractivity contribution in [3.8, 4) is 52.0 Å². The topological polar surface area (TPSA) is 176 Å². The zero-order valence-corrected chi connectivity index (χ0v) is 27.3. The highest BCUT2D eigenvalue weighted by atomic mass is 19.1. The lowest BCUT2D eigenvalue weighted by Crippen LogP contribution is -2.21. The van der Waals surface area contributed by atoms with Crippen molar-refractivity contribution < 1.29 is 51.9 Å². The van der Waals surface area contributed by atoms with E-state index in [1.807, 2.05) is 0 Å². The smallest absolute Gasteiger partial charge is 0.338 e. The minimum atomic E-state index is -1.49. The van der Waals surface area contributed by atoms with E-state index in [1.54, 1.807) is 34.9 Å². The molecule has 1 amide bonds. The van der Waals surface area contributed by atoms with Crippen LogP contribution in [0, 0.1) is 17.0 Å². The summed E-state index contributed by atoms with van der Waals surface area (Å²) in [5.41, 5.74) is 5.80. The first-order chi connectivity index (χ1) is 23.4. The van der Waals surface area contributed by atoms with Gasteiger partial charge in [-0.05, 0) is 69.3 Å². The molecule has 0 radical (unpaired) electrons. The Morgan fingerprint density at radius 2 is 1.45 bits per heavy atom. The summed E-state index contributed by atoms with van der Waals surface area (Å²) in [5, 5.41) is 18.1. The molecule has 4 aromatic rings. The predicted molar refractivity (Wildman–Crippen MR) is 173 cm³/mol. The van der Waals surface area contributed by atoms with E-state index in [0.29, 0.717) is 0 Å². The van der Waals surface area contributed by atoms with Gasteiger partial charge in [0.15, 0.2) is 23.0 Å². The third kappa shape index (κ3) is 8.25. The van der Waals surface area contributed by atoms with Crippen LogP contribution >= 0.6 is 0 Å². The van der Waals surface area contributed by atoms with Crippen molar-refractivity contribution in [1.29, 1.82) is 5.41 Å². The number of pyridine rings is 1. The van der Waals surface area contributed by atoms with Crippen LogP contribution in [0.25, 0.3) is 0 Å². The molecule has 1 heterocycles. The maximum Gasteiger partial charge on any atom is 0.338 e. The summed E-state index contributed by atoms with van der Waals surface area (Å²) in [6.07, 6.45) is 0. The number of nitrogens with two attached hydrogens (primary N) is 1. The number of aromatic hydroxyl groups is 1. The summed E-state index contributed by atoms with van der Waals surface area (Å²) < 4.78 is 66.0. The first kappa shape index (κ1) is 35.7. The van der Waals surface area contributed by atoms with Crippen LogP contribution in [0.5, 0.6) is 52.0 Å². The van der Waals surface area contributed by atoms with Gasteiger partial charge in [-0.15, -0.1) is 0 Å². The average molecular weight is 681 g/mol. The van der Waals surface area contributed by atoms with Crippen molar-refractivity contribution in [3.63, 3.8) is 0 Å². The fraction of sp³-hybridized carbons (Fsp3) is 0.235. The van der Waals surface area contributed by atoms with Gasteiger partial charge in [-0.2, -0.15) is 13.8 Å². The fourth-order valence-electron chi connectivity index (χ4n) is 4.28. The highest BCUT2D eigenvalue weighted by molar-refractivity contribution is 5.95. The molecule has 49 heavy (non-hydrogen) atoms. The number of carbonyl (C=O) groups excluding carboxylic acids is 2. The summed E-state index contributed by atoms with van der Waals surface area (Å²) in [4.78, 5) is 30.4. The van der Waals surface area contributed by atoms with Gasteiger partial charge in [0.05, 0.1) is 25.4 Å². The van der Waals surface area contributed by atoms with E-state index in [2.05, 4.69) is 4.98 Å². The van der Waals surface area contributed by atoms with Gasteiger partial charge < -0.3 is 44.2 Å². The number of nitrogen functional groups attached to an aromatic ring is 1. The summed E-state index contributed by atoms with van der Waals surface area (Å²) in [6.45, 7) is 5.20. The van der Waals surface area contributed by atoms with E-state index in [0.717, 1.165) is 18.2 Å². The van der Waals surface area contributed by atoms with Crippen LogP contribution in [0.4, 0.5) is 8.78 Å². The third-order valence-electron chi connectivity index (χ3n) is 6.49. The van der Waals surface area contributed by atoms with Crippen LogP contribution in [-0.4, -0.2) is 66.6 Å². The molecule has 13 nitrogen and oxygen atoms in total. The lowest BCUT2D eigenvalue weighted by atomic mass is 10.1. The number of hydrogen-bond donors (Lipinski definition) is 3. The molecule has 0 fully saturated rings. The van der Waals surface area contributed by atoms with Crippen molar-refractivity contribution in [1.82, 2.24) is 9.88 Å². The predicted octanol–water partition coefficient (Wildman–Crippen LogP) is 6.40. The number of aromatic nitrogens is 1. The summed E-state index contributed by atoms with van der Waals surface area (Å²) >= 11 is 0. The Balaban J connectivity index is 1.92. The van der Waals surface area contributed by atoms with Gasteiger partial charge in [-0.25, -0.2) is 4.79 Å². The number of nitrogens with zero attached hydrogens (tertiary/aromatic N) is 2. The Labute approximate surface area is 280 Å². The molecule has 15 heteroatoms. The Bertz CT molecular complexity index is 1890. The number of phenolic OH excluding ortho intramolecular Hbond substituents is 1. The monoisotopic (exact) mass is 680 g/mol. The van der Waals surface area contributed by atoms with E-state index in [9.17, 15) is 14.7 Å². The number of amides is 1. The molecule has 0 spiro atoms. The first-order valence-electron chi connectivity index (χ1n) is 14.9. The van der Waals surface area contributed by atoms with Crippen LogP contribution in [0.15, 0.2) is 54.6 Å². The van der Waals surface area contributed by atoms with Crippen molar-refractivity contribution >= 4 is 17.7 Å². The fourth-order valence-corrected chi connectivity index (χ4v) is 4.28. The molecule has 0 aliphatic carbocycles. The number of halogens is 2. The highest BCUT2D eigenvalue weighted by Gasteiger charge is 2.29. The molecule has 3 aromatic carbocycles. The van der Waals surface area contributed by atoms with Gasteiger partial charge in [-0.3, -0.25) is 10.2 Å². The number of carbonyl (C=O) groups is 2. The SMILES string of the molecule is CCOC(=O)c1cc(OCC)c(OCC)c(Oc2c(F)c(Oc3cccc(C(=O)N(C)C)c3)nc(Oc3cc(C(=N)N)ccc3O)c2F)c1. The largest absolute Gasteiger partial charge is 0.504 e. The zero-order chi connectivity index (χ0) is 35.8. The Kier molecular flexibility index (Phi) is 11.4. The number of hydrogen-bond acceptors (Lipinski definition) is 11. The second-order valence-corrected chi connectivity index (χ2v) is 10.2. The lowest BCUT2D eigenvalue weighted by Gasteiger charge is -2.19. The molecule has 1 aromatic heterocycles. The van der Waals surface area contributed by atoms with Gasteiger partial charge in [0.25, 0.3) is 17.7 Å². The maximum absolute atomic E-state index is 16.3. The number of phenols is 1. The van der Waals surface area contributed by atoms with Gasteiger partial charge in [0.1, 0.15) is 11.6 Å². The molecule has 0 aliphatic rings. The summed E-state index contributed by atoms with van der Waals surface area (Å²) in [6, 6.07) is 11.8. The van der Waals surface area contributed by atoms with Gasteiger partial charge in [0.2, 0.25) is 23.1 Å². The second kappa shape index (κ2) is 15.6. The Morgan fingerprint density at radius 3 is 2.08 bits per heavy atom. The number of ether oxygens (including phenoxy) is 6. The standard InChI is InChI=1S/C34H34F2N4O9/c1-6-44-24-16-20(34(43)46-8-3)17-25(28(24)45-7-2)48-29-26(35)31(47-21-11-9-10-19(14-21)33(42)40(4)5)39-32(27(29)36)49-23-15-18(30(37)38)12-13-22(23)41/h9-17,41H,6-8H2,1-5H3,(H3,37,38). The number of amidine groups is 1. The number of esters is 1. The Hall–Kier alpha value is -6.12. The number of nitrogens with one attached hydrogen (secondary N) is 1. The number of rotatable bonds is 14. The van der Waals surface area contributed by atoms with E-state index in [1.165, 1.54) is 41.3 Å². The van der Waals surface area contributed by atoms with Crippen LogP contribution < -0.4 is 29.4 Å². The molecular weight excluding hydrogens is 646 g/mol. The van der Waals surface area contributed by atoms with Gasteiger partial charge in [-0.1, -0.05) is 6.07 Å².